The van der Waals surface area contributed by atoms with E-state index in [0.29, 0.717) is 16.8 Å². The molecule has 0 saturated carbocycles. The monoisotopic (exact) mass is 448 g/mol. The van der Waals surface area contributed by atoms with Gasteiger partial charge in [-0.1, -0.05) is 35.9 Å². The molecule has 1 unspecified atom stereocenters. The molecule has 1 aliphatic rings. The van der Waals surface area contributed by atoms with E-state index in [4.69, 9.17) is 0 Å². The standard InChI is InChI=1S/C26H28N2O3S/c1-17-7-12-24(13-8-17)32(30,31)28-25-14-11-23(15-18(25)2)26(29)27-19(3)21-10-9-20-5-4-6-22(20)16-21/h7-16,19,28H,4-6H2,1-3H3,(H,27,29). The van der Waals surface area contributed by atoms with E-state index in [2.05, 4.69) is 28.2 Å². The smallest absolute Gasteiger partial charge is 0.261 e. The lowest BCUT2D eigenvalue weighted by atomic mass is 10.0. The Labute approximate surface area is 189 Å². The third kappa shape index (κ3) is 4.70. The van der Waals surface area contributed by atoms with Gasteiger partial charge in [0.15, 0.2) is 0 Å². The summed E-state index contributed by atoms with van der Waals surface area (Å²) >= 11 is 0. The van der Waals surface area contributed by atoms with Gasteiger partial charge in [0.2, 0.25) is 0 Å². The van der Waals surface area contributed by atoms with E-state index in [-0.39, 0.29) is 16.8 Å². The maximum absolute atomic E-state index is 12.8. The molecule has 5 nitrogen and oxygen atoms in total. The van der Waals surface area contributed by atoms with Crippen LogP contribution in [-0.2, 0) is 22.9 Å². The topological polar surface area (TPSA) is 75.3 Å². The van der Waals surface area contributed by atoms with Gasteiger partial charge in [-0.25, -0.2) is 8.42 Å². The number of nitrogens with one attached hydrogen (secondary N) is 2. The third-order valence-corrected chi connectivity index (χ3v) is 7.42. The predicted molar refractivity (Wildman–Crippen MR) is 128 cm³/mol. The lowest BCUT2D eigenvalue weighted by Crippen LogP contribution is -2.27. The van der Waals surface area contributed by atoms with E-state index in [0.717, 1.165) is 24.0 Å². The number of rotatable bonds is 6. The number of fused-ring (bicyclic) bond motifs is 1. The number of carbonyl (C=O) groups excluding carboxylic acids is 1. The van der Waals surface area contributed by atoms with Crippen molar-refractivity contribution in [2.24, 2.45) is 0 Å². The van der Waals surface area contributed by atoms with Gasteiger partial charge in [-0.2, -0.15) is 0 Å². The molecular weight excluding hydrogens is 420 g/mol. The SMILES string of the molecule is Cc1ccc(S(=O)(=O)Nc2ccc(C(=O)NC(C)c3ccc4c(c3)CCC4)cc2C)cc1. The van der Waals surface area contributed by atoms with Crippen LogP contribution in [0.2, 0.25) is 0 Å². The zero-order chi connectivity index (χ0) is 22.9. The summed E-state index contributed by atoms with van der Waals surface area (Å²) in [4.78, 5) is 13.0. The van der Waals surface area contributed by atoms with Crippen molar-refractivity contribution in [2.45, 2.75) is 51.0 Å². The van der Waals surface area contributed by atoms with Crippen molar-refractivity contribution in [1.29, 1.82) is 0 Å². The molecule has 3 aromatic rings. The predicted octanol–water partition coefficient (Wildman–Crippen LogP) is 5.08. The van der Waals surface area contributed by atoms with Gasteiger partial charge >= 0.3 is 0 Å². The molecular formula is C26H28N2O3S. The van der Waals surface area contributed by atoms with Crippen LogP contribution < -0.4 is 10.0 Å². The second-order valence-corrected chi connectivity index (χ2v) is 10.2. The molecule has 0 aromatic heterocycles. The number of carbonyl (C=O) groups is 1. The van der Waals surface area contributed by atoms with Gasteiger partial charge in [-0.15, -0.1) is 0 Å². The van der Waals surface area contributed by atoms with Gasteiger partial charge in [0.05, 0.1) is 16.6 Å². The van der Waals surface area contributed by atoms with Crippen molar-refractivity contribution in [1.82, 2.24) is 5.32 Å². The maximum atomic E-state index is 12.8. The van der Waals surface area contributed by atoms with E-state index in [1.807, 2.05) is 13.8 Å². The van der Waals surface area contributed by atoms with Crippen LogP contribution in [-0.4, -0.2) is 14.3 Å². The highest BCUT2D eigenvalue weighted by Crippen LogP contribution is 2.26. The Hall–Kier alpha value is -3.12. The van der Waals surface area contributed by atoms with Gasteiger partial charge in [-0.05, 0) is 92.6 Å². The number of amides is 1. The highest BCUT2D eigenvalue weighted by Gasteiger charge is 2.18. The van der Waals surface area contributed by atoms with Crippen molar-refractivity contribution in [2.75, 3.05) is 4.72 Å². The highest BCUT2D eigenvalue weighted by atomic mass is 32.2. The van der Waals surface area contributed by atoms with E-state index < -0.39 is 10.0 Å². The molecule has 6 heteroatoms. The summed E-state index contributed by atoms with van der Waals surface area (Å²) in [7, 11) is -3.70. The first-order valence-electron chi connectivity index (χ1n) is 10.9. The summed E-state index contributed by atoms with van der Waals surface area (Å²) in [6.45, 7) is 5.67. The molecule has 1 atom stereocenters. The zero-order valence-corrected chi connectivity index (χ0v) is 19.4. The fourth-order valence-corrected chi connectivity index (χ4v) is 5.20. The average Bonchev–Trinajstić information content (AvgIpc) is 3.23. The van der Waals surface area contributed by atoms with Crippen LogP contribution in [0.1, 0.15) is 57.6 Å². The Morgan fingerprint density at radius 3 is 2.34 bits per heavy atom. The second-order valence-electron chi connectivity index (χ2n) is 8.53. The minimum Gasteiger partial charge on any atom is -0.346 e. The minimum atomic E-state index is -3.70. The summed E-state index contributed by atoms with van der Waals surface area (Å²) in [5.74, 6) is -0.186. The van der Waals surface area contributed by atoms with Crippen molar-refractivity contribution in [3.63, 3.8) is 0 Å². The van der Waals surface area contributed by atoms with Crippen LogP contribution in [0.3, 0.4) is 0 Å². The quantitative estimate of drug-likeness (QED) is 0.552. The summed E-state index contributed by atoms with van der Waals surface area (Å²) < 4.78 is 28.0. The van der Waals surface area contributed by atoms with Crippen LogP contribution in [0.25, 0.3) is 0 Å². The molecule has 0 heterocycles. The first-order chi connectivity index (χ1) is 15.2. The zero-order valence-electron chi connectivity index (χ0n) is 18.6. The third-order valence-electron chi connectivity index (χ3n) is 6.03. The van der Waals surface area contributed by atoms with Gasteiger partial charge in [0, 0.05) is 5.56 Å². The van der Waals surface area contributed by atoms with E-state index in [1.54, 1.807) is 49.4 Å². The fourth-order valence-electron chi connectivity index (χ4n) is 4.06. The highest BCUT2D eigenvalue weighted by molar-refractivity contribution is 7.92. The number of anilines is 1. The molecule has 32 heavy (non-hydrogen) atoms. The van der Waals surface area contributed by atoms with Gasteiger partial charge in [-0.3, -0.25) is 9.52 Å². The van der Waals surface area contributed by atoms with Crippen LogP contribution in [0.4, 0.5) is 5.69 Å². The Morgan fingerprint density at radius 1 is 0.906 bits per heavy atom. The lowest BCUT2D eigenvalue weighted by Gasteiger charge is -2.17. The number of aryl methyl sites for hydroxylation is 4. The Kier molecular flexibility index (Phi) is 6.07. The van der Waals surface area contributed by atoms with Crippen LogP contribution in [0, 0.1) is 13.8 Å². The molecule has 2 N–H and O–H groups in total. The molecule has 1 amide bonds. The van der Waals surface area contributed by atoms with E-state index in [9.17, 15) is 13.2 Å². The average molecular weight is 449 g/mol. The molecule has 0 fully saturated rings. The number of sulfonamides is 1. The largest absolute Gasteiger partial charge is 0.346 e. The lowest BCUT2D eigenvalue weighted by molar-refractivity contribution is 0.0940. The molecule has 166 valence electrons. The second kappa shape index (κ2) is 8.79. The van der Waals surface area contributed by atoms with Crippen LogP contribution in [0.15, 0.2) is 65.6 Å². The van der Waals surface area contributed by atoms with Crippen LogP contribution >= 0.6 is 0 Å². The van der Waals surface area contributed by atoms with Gasteiger partial charge in [0.1, 0.15) is 0 Å². The summed E-state index contributed by atoms with van der Waals surface area (Å²) in [5, 5.41) is 3.05. The van der Waals surface area contributed by atoms with Crippen molar-refractivity contribution in [3.8, 4) is 0 Å². The first kappa shape index (κ1) is 22.1. The van der Waals surface area contributed by atoms with Crippen molar-refractivity contribution >= 4 is 21.6 Å². The molecule has 0 spiro atoms. The van der Waals surface area contributed by atoms with Crippen LogP contribution in [0.5, 0.6) is 0 Å². The Bertz CT molecular complexity index is 1260. The van der Waals surface area contributed by atoms with E-state index >= 15 is 0 Å². The fraction of sp³-hybridized carbons (Fsp3) is 0.269. The normalized spacial score (nSPS) is 14.0. The minimum absolute atomic E-state index is 0.117. The molecule has 0 saturated heterocycles. The van der Waals surface area contributed by atoms with Crippen molar-refractivity contribution in [3.05, 3.63) is 94.0 Å². The summed E-state index contributed by atoms with van der Waals surface area (Å²) in [6.07, 6.45) is 3.43. The summed E-state index contributed by atoms with van der Waals surface area (Å²) in [6, 6.07) is 18.0. The number of hydrogen-bond acceptors (Lipinski definition) is 3. The van der Waals surface area contributed by atoms with Crippen molar-refractivity contribution < 1.29 is 13.2 Å². The number of benzene rings is 3. The van der Waals surface area contributed by atoms with Gasteiger partial charge in [0.25, 0.3) is 15.9 Å². The molecule has 4 rings (SSSR count). The molecule has 0 radical (unpaired) electrons. The molecule has 0 aliphatic heterocycles. The molecule has 0 bridgehead atoms. The van der Waals surface area contributed by atoms with Gasteiger partial charge < -0.3 is 5.32 Å². The summed E-state index contributed by atoms with van der Waals surface area (Å²) in [5.41, 5.74) is 6.50. The molecule has 1 aliphatic carbocycles. The maximum Gasteiger partial charge on any atom is 0.261 e. The van der Waals surface area contributed by atoms with E-state index in [1.165, 1.54) is 17.5 Å². The first-order valence-corrected chi connectivity index (χ1v) is 12.3. The Morgan fingerprint density at radius 2 is 1.62 bits per heavy atom. The molecule has 3 aromatic carbocycles. The number of hydrogen-bond donors (Lipinski definition) is 2. The Balaban J connectivity index is 1.46.